The molecule has 3 rings (SSSR count). The van der Waals surface area contributed by atoms with Gasteiger partial charge in [-0.25, -0.2) is 8.78 Å². The van der Waals surface area contributed by atoms with E-state index in [2.05, 4.69) is 15.5 Å². The molecule has 0 aliphatic rings. The molecule has 7 heteroatoms. The van der Waals surface area contributed by atoms with Gasteiger partial charge in [-0.3, -0.25) is 0 Å². The van der Waals surface area contributed by atoms with Crippen LogP contribution in [-0.2, 0) is 0 Å². The lowest BCUT2D eigenvalue weighted by Gasteiger charge is -2.06. The Hall–Kier alpha value is -2.83. The number of anilines is 1. The van der Waals surface area contributed by atoms with Crippen molar-refractivity contribution < 1.29 is 8.78 Å². The zero-order valence-corrected chi connectivity index (χ0v) is 10.2. The summed E-state index contributed by atoms with van der Waals surface area (Å²) in [6, 6.07) is 10.2. The first-order valence-corrected chi connectivity index (χ1v) is 5.75. The molecule has 100 valence electrons. The van der Waals surface area contributed by atoms with E-state index in [0.29, 0.717) is 5.56 Å². The Labute approximate surface area is 112 Å². The van der Waals surface area contributed by atoms with Gasteiger partial charge in [0, 0.05) is 5.56 Å². The van der Waals surface area contributed by atoms with Crippen molar-refractivity contribution in [3.8, 4) is 17.1 Å². The van der Waals surface area contributed by atoms with E-state index in [1.165, 1.54) is 28.9 Å². The molecule has 0 atom stereocenters. The van der Waals surface area contributed by atoms with Gasteiger partial charge in [0.05, 0.1) is 5.69 Å². The van der Waals surface area contributed by atoms with Crippen molar-refractivity contribution in [1.82, 2.24) is 20.2 Å². The van der Waals surface area contributed by atoms with Gasteiger partial charge >= 0.3 is 0 Å². The highest BCUT2D eigenvalue weighted by Gasteiger charge is 2.14. The lowest BCUT2D eigenvalue weighted by atomic mass is 10.2. The van der Waals surface area contributed by atoms with Crippen LogP contribution in [0.15, 0.2) is 42.5 Å². The van der Waals surface area contributed by atoms with Crippen LogP contribution >= 0.6 is 0 Å². The average molecular weight is 273 g/mol. The van der Waals surface area contributed by atoms with Crippen LogP contribution in [-0.4, -0.2) is 20.2 Å². The largest absolute Gasteiger partial charge is 0.396 e. The minimum absolute atomic E-state index is 0.0265. The molecule has 0 bridgehead atoms. The topological polar surface area (TPSA) is 69.6 Å². The molecule has 1 heterocycles. The molecule has 1 aromatic heterocycles. The fourth-order valence-electron chi connectivity index (χ4n) is 1.82. The quantitative estimate of drug-likeness (QED) is 0.727. The molecule has 5 nitrogen and oxygen atoms in total. The van der Waals surface area contributed by atoms with Crippen LogP contribution in [0.25, 0.3) is 17.1 Å². The van der Waals surface area contributed by atoms with E-state index in [1.54, 1.807) is 18.2 Å². The third kappa shape index (κ3) is 1.99. The van der Waals surface area contributed by atoms with Gasteiger partial charge in [-0.1, -0.05) is 12.1 Å². The van der Waals surface area contributed by atoms with Crippen molar-refractivity contribution in [2.24, 2.45) is 0 Å². The van der Waals surface area contributed by atoms with Crippen LogP contribution in [0.1, 0.15) is 0 Å². The highest BCUT2D eigenvalue weighted by molar-refractivity contribution is 5.61. The first-order valence-electron chi connectivity index (χ1n) is 5.75. The van der Waals surface area contributed by atoms with E-state index < -0.39 is 11.6 Å². The summed E-state index contributed by atoms with van der Waals surface area (Å²) >= 11 is 0. The second kappa shape index (κ2) is 4.69. The van der Waals surface area contributed by atoms with Crippen LogP contribution in [0, 0.1) is 11.6 Å². The number of benzene rings is 2. The molecule has 0 radical (unpaired) electrons. The third-order valence-electron chi connectivity index (χ3n) is 2.81. The Bertz CT molecular complexity index is 769. The second-order valence-electron chi connectivity index (χ2n) is 4.10. The monoisotopic (exact) mass is 273 g/mol. The van der Waals surface area contributed by atoms with Crippen LogP contribution in [0.5, 0.6) is 0 Å². The highest BCUT2D eigenvalue weighted by Crippen LogP contribution is 2.23. The molecule has 0 amide bonds. The summed E-state index contributed by atoms with van der Waals surface area (Å²) in [6.45, 7) is 0. The number of nitrogen functional groups attached to an aromatic ring is 1. The van der Waals surface area contributed by atoms with Gasteiger partial charge in [0.1, 0.15) is 17.3 Å². The average Bonchev–Trinajstić information content (AvgIpc) is 2.91. The maximum absolute atomic E-state index is 13.8. The lowest BCUT2D eigenvalue weighted by molar-refractivity contribution is 0.607. The Balaban J connectivity index is 2.15. The summed E-state index contributed by atoms with van der Waals surface area (Å²) < 4.78 is 28.5. The van der Waals surface area contributed by atoms with Crippen molar-refractivity contribution >= 4 is 5.69 Å². The Kier molecular flexibility index (Phi) is 2.86. The van der Waals surface area contributed by atoms with Gasteiger partial charge < -0.3 is 5.73 Å². The molecule has 0 aliphatic carbocycles. The molecule has 2 aromatic carbocycles. The molecule has 3 aromatic rings. The molecular weight excluding hydrogens is 264 g/mol. The summed E-state index contributed by atoms with van der Waals surface area (Å²) in [7, 11) is 0. The first-order chi connectivity index (χ1) is 9.66. The fourth-order valence-corrected chi connectivity index (χ4v) is 1.82. The van der Waals surface area contributed by atoms with E-state index in [9.17, 15) is 8.78 Å². The number of hydrogen-bond donors (Lipinski definition) is 1. The SMILES string of the molecule is Nc1ccc(-c2nnnn2-c2ccccc2F)cc1F. The summed E-state index contributed by atoms with van der Waals surface area (Å²) in [5.41, 5.74) is 6.04. The predicted molar refractivity (Wildman–Crippen MR) is 68.9 cm³/mol. The smallest absolute Gasteiger partial charge is 0.187 e. The summed E-state index contributed by atoms with van der Waals surface area (Å²) in [4.78, 5) is 0. The van der Waals surface area contributed by atoms with Crippen molar-refractivity contribution in [2.75, 3.05) is 5.73 Å². The number of nitrogens with zero attached hydrogens (tertiary/aromatic N) is 4. The minimum atomic E-state index is -0.578. The molecule has 20 heavy (non-hydrogen) atoms. The van der Waals surface area contributed by atoms with Crippen molar-refractivity contribution in [1.29, 1.82) is 0 Å². The molecule has 0 saturated carbocycles. The maximum atomic E-state index is 13.8. The van der Waals surface area contributed by atoms with E-state index in [0.717, 1.165) is 0 Å². The number of para-hydroxylation sites is 1. The molecule has 2 N–H and O–H groups in total. The van der Waals surface area contributed by atoms with Gasteiger partial charge in [0.15, 0.2) is 5.82 Å². The molecule has 0 fully saturated rings. The van der Waals surface area contributed by atoms with Crippen molar-refractivity contribution in [3.05, 3.63) is 54.1 Å². The van der Waals surface area contributed by atoms with Crippen molar-refractivity contribution in [2.45, 2.75) is 0 Å². The van der Waals surface area contributed by atoms with E-state index in [-0.39, 0.29) is 17.2 Å². The van der Waals surface area contributed by atoms with Gasteiger partial charge in [-0.05, 0) is 40.8 Å². The maximum Gasteiger partial charge on any atom is 0.187 e. The number of nitrogens with two attached hydrogens (primary N) is 1. The Morgan fingerprint density at radius 2 is 1.80 bits per heavy atom. The van der Waals surface area contributed by atoms with Crippen molar-refractivity contribution in [3.63, 3.8) is 0 Å². The summed E-state index contributed by atoms with van der Waals surface area (Å²) in [6.07, 6.45) is 0. The third-order valence-corrected chi connectivity index (χ3v) is 2.81. The number of aromatic nitrogens is 4. The van der Waals surface area contributed by atoms with Crippen LogP contribution in [0.3, 0.4) is 0 Å². The Morgan fingerprint density at radius 3 is 2.55 bits per heavy atom. The van der Waals surface area contributed by atoms with Gasteiger partial charge in [0.2, 0.25) is 0 Å². The zero-order chi connectivity index (χ0) is 14.1. The first kappa shape index (κ1) is 12.2. The van der Waals surface area contributed by atoms with Crippen LogP contribution < -0.4 is 5.73 Å². The number of halogens is 2. The lowest BCUT2D eigenvalue weighted by Crippen LogP contribution is -2.03. The number of tetrazole rings is 1. The molecular formula is C13H9F2N5. The predicted octanol–water partition coefficient (Wildman–Crippen LogP) is 2.19. The minimum Gasteiger partial charge on any atom is -0.396 e. The summed E-state index contributed by atoms with van der Waals surface area (Å²) in [5.74, 6) is -0.823. The fraction of sp³-hybridized carbons (Fsp3) is 0. The van der Waals surface area contributed by atoms with Crippen LogP contribution in [0.2, 0.25) is 0 Å². The number of hydrogen-bond acceptors (Lipinski definition) is 4. The second-order valence-corrected chi connectivity index (χ2v) is 4.10. The standard InChI is InChI=1S/C13H9F2N5/c14-9-3-1-2-4-12(9)20-13(17-18-19-20)8-5-6-11(16)10(15)7-8/h1-7H,16H2. The molecule has 0 aliphatic heterocycles. The van der Waals surface area contributed by atoms with Gasteiger partial charge in [0.25, 0.3) is 0 Å². The van der Waals surface area contributed by atoms with E-state index in [4.69, 9.17) is 5.73 Å². The highest BCUT2D eigenvalue weighted by atomic mass is 19.1. The molecule has 0 unspecified atom stereocenters. The van der Waals surface area contributed by atoms with Gasteiger partial charge in [-0.15, -0.1) is 5.10 Å². The number of rotatable bonds is 2. The zero-order valence-electron chi connectivity index (χ0n) is 10.2. The van der Waals surface area contributed by atoms with Crippen LogP contribution in [0.4, 0.5) is 14.5 Å². The molecule has 0 saturated heterocycles. The Morgan fingerprint density at radius 1 is 1.00 bits per heavy atom. The molecule has 0 spiro atoms. The normalized spacial score (nSPS) is 10.7. The van der Waals surface area contributed by atoms with E-state index >= 15 is 0 Å². The van der Waals surface area contributed by atoms with Gasteiger partial charge in [-0.2, -0.15) is 4.68 Å². The summed E-state index contributed by atoms with van der Waals surface area (Å²) in [5, 5.41) is 11.1. The van der Waals surface area contributed by atoms with E-state index in [1.807, 2.05) is 0 Å².